The van der Waals surface area contributed by atoms with Crippen LogP contribution in [0.2, 0.25) is 0 Å². The van der Waals surface area contributed by atoms with E-state index in [-0.39, 0.29) is 0 Å². The number of benzene rings is 1. The average Bonchev–Trinajstić information content (AvgIpc) is 2.85. The molecule has 3 aliphatic carbocycles. The van der Waals surface area contributed by atoms with Crippen LogP contribution in [-0.4, -0.2) is 11.0 Å². The summed E-state index contributed by atoms with van der Waals surface area (Å²) in [5.74, 6) is 4.21. The average molecular weight is 252 g/mol. The van der Waals surface area contributed by atoms with Gasteiger partial charge in [-0.1, -0.05) is 12.1 Å². The van der Waals surface area contributed by atoms with Gasteiger partial charge >= 0.3 is 0 Å². The van der Waals surface area contributed by atoms with Gasteiger partial charge in [-0.25, -0.2) is 0 Å². The van der Waals surface area contributed by atoms with Gasteiger partial charge in [-0.2, -0.15) is 0 Å². The van der Waals surface area contributed by atoms with Crippen LogP contribution in [0.5, 0.6) is 0 Å². The van der Waals surface area contributed by atoms with Gasteiger partial charge in [0.15, 0.2) is 0 Å². The molecule has 4 unspecified atom stereocenters. The molecule has 0 aliphatic heterocycles. The van der Waals surface area contributed by atoms with Gasteiger partial charge in [-0.3, -0.25) is 0 Å². The highest BCUT2D eigenvalue weighted by atomic mass is 15.0. The van der Waals surface area contributed by atoms with Gasteiger partial charge in [-0.15, -0.1) is 0 Å². The third-order valence-electron chi connectivity index (χ3n) is 5.90. The molecule has 2 heteroatoms. The lowest BCUT2D eigenvalue weighted by Crippen LogP contribution is -2.22. The van der Waals surface area contributed by atoms with Gasteiger partial charge in [0, 0.05) is 24.3 Å². The largest absolute Gasteiger partial charge is 0.361 e. The molecule has 98 valence electrons. The molecule has 0 radical (unpaired) electrons. The first kappa shape index (κ1) is 10.5. The van der Waals surface area contributed by atoms with E-state index in [0.29, 0.717) is 0 Å². The molecule has 2 N–H and O–H groups in total. The lowest BCUT2D eigenvalue weighted by Gasteiger charge is -2.10. The van der Waals surface area contributed by atoms with E-state index < -0.39 is 0 Å². The van der Waals surface area contributed by atoms with Crippen molar-refractivity contribution in [1.82, 2.24) is 10.3 Å². The van der Waals surface area contributed by atoms with Crippen LogP contribution in [0, 0.1) is 23.7 Å². The minimum atomic E-state index is 0.839. The molecule has 0 spiro atoms. The van der Waals surface area contributed by atoms with Gasteiger partial charge in [0.2, 0.25) is 0 Å². The first-order valence-electron chi connectivity index (χ1n) is 7.69. The van der Waals surface area contributed by atoms with Crippen LogP contribution in [0.3, 0.4) is 0 Å². The second kappa shape index (κ2) is 3.63. The predicted octanol–water partition coefficient (Wildman–Crippen LogP) is 3.30. The molecule has 2 nitrogen and oxygen atoms in total. The Kier molecular flexibility index (Phi) is 2.01. The number of nitrogens with one attached hydrogen (secondary N) is 2. The summed E-state index contributed by atoms with van der Waals surface area (Å²) >= 11 is 0. The van der Waals surface area contributed by atoms with Crippen LogP contribution in [0.15, 0.2) is 30.5 Å². The normalized spacial score (nSPS) is 38.8. The van der Waals surface area contributed by atoms with Crippen LogP contribution in [0.25, 0.3) is 10.9 Å². The lowest BCUT2D eigenvalue weighted by atomic mass is 10.0. The van der Waals surface area contributed by atoms with Crippen molar-refractivity contribution in [2.75, 3.05) is 0 Å². The topological polar surface area (TPSA) is 27.8 Å². The van der Waals surface area contributed by atoms with Gasteiger partial charge < -0.3 is 10.3 Å². The van der Waals surface area contributed by atoms with Crippen molar-refractivity contribution in [2.24, 2.45) is 23.7 Å². The Hall–Kier alpha value is -1.28. The van der Waals surface area contributed by atoms with E-state index in [4.69, 9.17) is 0 Å². The van der Waals surface area contributed by atoms with Crippen LogP contribution in [-0.2, 0) is 6.54 Å². The minimum absolute atomic E-state index is 0.839. The summed E-state index contributed by atoms with van der Waals surface area (Å²) in [6, 6.07) is 9.74. The Bertz CT molecular complexity index is 613. The summed E-state index contributed by atoms with van der Waals surface area (Å²) < 4.78 is 0. The van der Waals surface area contributed by atoms with Gasteiger partial charge in [0.1, 0.15) is 0 Å². The lowest BCUT2D eigenvalue weighted by molar-refractivity contribution is 0.456. The summed E-state index contributed by atoms with van der Waals surface area (Å²) in [6.45, 7) is 1.03. The fourth-order valence-corrected chi connectivity index (χ4v) is 5.04. The van der Waals surface area contributed by atoms with Gasteiger partial charge in [-0.05, 0) is 66.0 Å². The maximum Gasteiger partial charge on any atom is 0.0457 e. The zero-order chi connectivity index (χ0) is 12.4. The molecular weight excluding hydrogens is 232 g/mol. The smallest absolute Gasteiger partial charge is 0.0457 e. The van der Waals surface area contributed by atoms with Crippen molar-refractivity contribution in [3.05, 3.63) is 36.0 Å². The Morgan fingerprint density at radius 2 is 1.95 bits per heavy atom. The third kappa shape index (κ3) is 1.47. The molecular formula is C17H20N2. The Morgan fingerprint density at radius 3 is 2.79 bits per heavy atom. The number of fused-ring (bicyclic) bond motifs is 6. The van der Waals surface area contributed by atoms with E-state index in [1.807, 2.05) is 6.20 Å². The number of H-pyrrole nitrogens is 1. The maximum atomic E-state index is 3.82. The Balaban J connectivity index is 1.29. The monoisotopic (exact) mass is 252 g/mol. The van der Waals surface area contributed by atoms with E-state index in [1.54, 1.807) is 6.42 Å². The molecule has 3 fully saturated rings. The molecule has 1 aromatic heterocycles. The number of hydrogen-bond acceptors (Lipinski definition) is 1. The highest BCUT2D eigenvalue weighted by molar-refractivity contribution is 5.79. The quantitative estimate of drug-likeness (QED) is 0.862. The van der Waals surface area contributed by atoms with Crippen molar-refractivity contribution in [2.45, 2.75) is 31.8 Å². The zero-order valence-corrected chi connectivity index (χ0v) is 11.1. The fraction of sp³-hybridized carbons (Fsp3) is 0.529. The fourth-order valence-electron chi connectivity index (χ4n) is 5.04. The van der Waals surface area contributed by atoms with E-state index >= 15 is 0 Å². The van der Waals surface area contributed by atoms with Crippen molar-refractivity contribution in [1.29, 1.82) is 0 Å². The highest BCUT2D eigenvalue weighted by Gasteiger charge is 2.64. The summed E-state index contributed by atoms with van der Waals surface area (Å²) in [7, 11) is 0. The van der Waals surface area contributed by atoms with E-state index in [0.717, 1.165) is 36.3 Å². The maximum absolute atomic E-state index is 3.82. The van der Waals surface area contributed by atoms with E-state index in [9.17, 15) is 0 Å². The van der Waals surface area contributed by atoms with E-state index in [2.05, 4.69) is 34.6 Å². The SMILES string of the molecule is c1cc2ccc(CNC3C4C5CCC(C5)C34)cc2[nH]1. The molecule has 3 saturated carbocycles. The summed E-state index contributed by atoms with van der Waals surface area (Å²) in [4.78, 5) is 3.30. The van der Waals surface area contributed by atoms with Gasteiger partial charge in [0.05, 0.1) is 0 Å². The molecule has 5 rings (SSSR count). The molecule has 3 aliphatic rings. The molecule has 0 amide bonds. The molecule has 19 heavy (non-hydrogen) atoms. The Labute approximate surface area is 113 Å². The molecule has 2 bridgehead atoms. The van der Waals surface area contributed by atoms with Crippen LogP contribution in [0.1, 0.15) is 24.8 Å². The molecule has 1 aromatic carbocycles. The second-order valence-corrected chi connectivity index (χ2v) is 6.79. The second-order valence-electron chi connectivity index (χ2n) is 6.79. The first-order valence-corrected chi connectivity index (χ1v) is 7.69. The molecule has 1 heterocycles. The minimum Gasteiger partial charge on any atom is -0.361 e. The Morgan fingerprint density at radius 1 is 1.11 bits per heavy atom. The molecule has 0 saturated heterocycles. The van der Waals surface area contributed by atoms with E-state index in [1.165, 1.54) is 29.3 Å². The summed E-state index contributed by atoms with van der Waals surface area (Å²) in [5, 5.41) is 5.13. The highest BCUT2D eigenvalue weighted by Crippen LogP contribution is 2.65. The summed E-state index contributed by atoms with van der Waals surface area (Å²) in [5.41, 5.74) is 2.67. The van der Waals surface area contributed by atoms with Crippen molar-refractivity contribution >= 4 is 10.9 Å². The third-order valence-corrected chi connectivity index (χ3v) is 5.90. The van der Waals surface area contributed by atoms with Crippen molar-refractivity contribution < 1.29 is 0 Å². The van der Waals surface area contributed by atoms with Crippen molar-refractivity contribution in [3.8, 4) is 0 Å². The number of hydrogen-bond donors (Lipinski definition) is 2. The van der Waals surface area contributed by atoms with Crippen molar-refractivity contribution in [3.63, 3.8) is 0 Å². The standard InChI is InChI=1S/C17H20N2/c1-2-11-5-6-18-14(11)7-10(1)9-19-17-15-12-3-4-13(8-12)16(15)17/h1-2,5-7,12-13,15-19H,3-4,8-9H2. The van der Waals surface area contributed by atoms with Crippen LogP contribution in [0.4, 0.5) is 0 Å². The van der Waals surface area contributed by atoms with Crippen LogP contribution < -0.4 is 5.32 Å². The summed E-state index contributed by atoms with van der Waals surface area (Å²) in [6.07, 6.45) is 6.59. The molecule has 4 atom stereocenters. The predicted molar refractivity (Wildman–Crippen MR) is 76.7 cm³/mol. The number of aromatic nitrogens is 1. The number of rotatable bonds is 3. The van der Waals surface area contributed by atoms with Crippen LogP contribution >= 0.6 is 0 Å². The van der Waals surface area contributed by atoms with Gasteiger partial charge in [0.25, 0.3) is 0 Å². The number of aromatic amines is 1. The molecule has 2 aromatic rings. The first-order chi connectivity index (χ1) is 9.40. The zero-order valence-electron chi connectivity index (χ0n) is 11.1.